The van der Waals surface area contributed by atoms with Crippen molar-refractivity contribution in [3.63, 3.8) is 0 Å². The van der Waals surface area contributed by atoms with E-state index in [1.807, 2.05) is 36.9 Å². The number of nitrogens with two attached hydrogens (primary N) is 1. The topological polar surface area (TPSA) is 44.5 Å². The van der Waals surface area contributed by atoms with Crippen molar-refractivity contribution in [2.24, 2.45) is 5.73 Å². The summed E-state index contributed by atoms with van der Waals surface area (Å²) in [6, 6.07) is 5.88. The average Bonchev–Trinajstić information content (AvgIpc) is 2.38. The first kappa shape index (κ1) is 15.2. The van der Waals surface area contributed by atoms with E-state index in [2.05, 4.69) is 6.92 Å². The summed E-state index contributed by atoms with van der Waals surface area (Å²) in [5.41, 5.74) is 6.90. The molecule has 18 heavy (non-hydrogen) atoms. The molecule has 0 radical (unpaired) electrons. The first-order valence-corrected chi connectivity index (χ1v) is 7.48. The highest BCUT2D eigenvalue weighted by Gasteiger charge is 2.07. The Morgan fingerprint density at radius 1 is 1.33 bits per heavy atom. The van der Waals surface area contributed by atoms with Gasteiger partial charge in [0.05, 0.1) is 13.7 Å². The average molecular weight is 269 g/mol. The maximum atomic E-state index is 5.84. The molecule has 0 aliphatic heterocycles. The van der Waals surface area contributed by atoms with E-state index in [0.29, 0.717) is 0 Å². The van der Waals surface area contributed by atoms with Gasteiger partial charge in [0.1, 0.15) is 0 Å². The van der Waals surface area contributed by atoms with Crippen molar-refractivity contribution < 1.29 is 9.47 Å². The molecule has 0 aromatic heterocycles. The van der Waals surface area contributed by atoms with Crippen LogP contribution < -0.4 is 15.2 Å². The Labute approximate surface area is 114 Å². The standard InChI is InChI=1S/C14H23NO2S/c1-4-18-9-5-8-17-13-7-6-12(11(2)15)10-14(13)16-3/h6-7,10-11H,4-5,8-9,15H2,1-3H3/t11-/m1/s1. The molecule has 0 fully saturated rings. The third-order valence-corrected chi connectivity index (χ3v) is 3.59. The van der Waals surface area contributed by atoms with Crippen LogP contribution in [0.15, 0.2) is 18.2 Å². The van der Waals surface area contributed by atoms with Gasteiger partial charge in [-0.3, -0.25) is 0 Å². The van der Waals surface area contributed by atoms with Crippen LogP contribution in [0.25, 0.3) is 0 Å². The molecule has 102 valence electrons. The van der Waals surface area contributed by atoms with Gasteiger partial charge in [0, 0.05) is 6.04 Å². The predicted molar refractivity (Wildman–Crippen MR) is 78.7 cm³/mol. The SMILES string of the molecule is CCSCCCOc1ccc([C@@H](C)N)cc1OC. The van der Waals surface area contributed by atoms with Gasteiger partial charge >= 0.3 is 0 Å². The molecule has 2 N–H and O–H groups in total. The number of hydrogen-bond donors (Lipinski definition) is 1. The molecular formula is C14H23NO2S. The second-order valence-corrected chi connectivity index (χ2v) is 5.49. The Kier molecular flexibility index (Phi) is 6.98. The smallest absolute Gasteiger partial charge is 0.161 e. The van der Waals surface area contributed by atoms with Crippen LogP contribution in [0.3, 0.4) is 0 Å². The van der Waals surface area contributed by atoms with Crippen molar-refractivity contribution in [1.29, 1.82) is 0 Å². The normalized spacial score (nSPS) is 12.2. The fraction of sp³-hybridized carbons (Fsp3) is 0.571. The molecule has 1 rings (SSSR count). The van der Waals surface area contributed by atoms with Gasteiger partial charge in [-0.1, -0.05) is 13.0 Å². The molecule has 0 bridgehead atoms. The quantitative estimate of drug-likeness (QED) is 0.736. The molecule has 1 aromatic carbocycles. The van der Waals surface area contributed by atoms with Gasteiger partial charge in [-0.05, 0) is 42.5 Å². The summed E-state index contributed by atoms with van der Waals surface area (Å²) in [6.07, 6.45) is 1.05. The highest BCUT2D eigenvalue weighted by atomic mass is 32.2. The third kappa shape index (κ3) is 4.78. The molecular weight excluding hydrogens is 246 g/mol. The van der Waals surface area contributed by atoms with Gasteiger partial charge in [-0.15, -0.1) is 0 Å². The zero-order chi connectivity index (χ0) is 13.4. The number of rotatable bonds is 8. The molecule has 0 aliphatic rings. The summed E-state index contributed by atoms with van der Waals surface area (Å²) in [6.45, 7) is 4.85. The largest absolute Gasteiger partial charge is 0.493 e. The fourth-order valence-electron chi connectivity index (χ4n) is 1.57. The van der Waals surface area contributed by atoms with Crippen molar-refractivity contribution in [1.82, 2.24) is 0 Å². The van der Waals surface area contributed by atoms with Crippen LogP contribution >= 0.6 is 11.8 Å². The molecule has 0 amide bonds. The minimum Gasteiger partial charge on any atom is -0.493 e. The lowest BCUT2D eigenvalue weighted by Crippen LogP contribution is -2.06. The molecule has 0 saturated carbocycles. The van der Waals surface area contributed by atoms with Gasteiger partial charge in [-0.25, -0.2) is 0 Å². The monoisotopic (exact) mass is 269 g/mol. The number of ether oxygens (including phenoxy) is 2. The molecule has 1 atom stereocenters. The summed E-state index contributed by atoms with van der Waals surface area (Å²) < 4.78 is 11.1. The van der Waals surface area contributed by atoms with E-state index in [1.165, 1.54) is 0 Å². The van der Waals surface area contributed by atoms with Crippen molar-refractivity contribution in [3.8, 4) is 11.5 Å². The van der Waals surface area contributed by atoms with Crippen LogP contribution in [-0.4, -0.2) is 25.2 Å². The van der Waals surface area contributed by atoms with Gasteiger partial charge < -0.3 is 15.2 Å². The lowest BCUT2D eigenvalue weighted by atomic mass is 10.1. The number of benzene rings is 1. The second kappa shape index (κ2) is 8.27. The number of methoxy groups -OCH3 is 1. The van der Waals surface area contributed by atoms with Gasteiger partial charge in [0.2, 0.25) is 0 Å². The van der Waals surface area contributed by atoms with Crippen LogP contribution in [0, 0.1) is 0 Å². The molecule has 0 aliphatic carbocycles. The molecule has 0 saturated heterocycles. The van der Waals surface area contributed by atoms with Crippen molar-refractivity contribution >= 4 is 11.8 Å². The Hall–Kier alpha value is -0.870. The van der Waals surface area contributed by atoms with Gasteiger partial charge in [-0.2, -0.15) is 11.8 Å². The molecule has 0 heterocycles. The first-order chi connectivity index (χ1) is 8.69. The van der Waals surface area contributed by atoms with Crippen LogP contribution in [-0.2, 0) is 0 Å². The van der Waals surface area contributed by atoms with E-state index in [9.17, 15) is 0 Å². The predicted octanol–water partition coefficient (Wildman–Crippen LogP) is 3.24. The summed E-state index contributed by atoms with van der Waals surface area (Å²) in [5, 5.41) is 0. The maximum Gasteiger partial charge on any atom is 0.161 e. The van der Waals surface area contributed by atoms with E-state index in [0.717, 1.165) is 41.6 Å². The van der Waals surface area contributed by atoms with Crippen molar-refractivity contribution in [2.45, 2.75) is 26.3 Å². The van der Waals surface area contributed by atoms with Crippen molar-refractivity contribution in [3.05, 3.63) is 23.8 Å². The lowest BCUT2D eigenvalue weighted by Gasteiger charge is -2.13. The van der Waals surface area contributed by atoms with E-state index in [1.54, 1.807) is 7.11 Å². The first-order valence-electron chi connectivity index (χ1n) is 6.33. The zero-order valence-corrected chi connectivity index (χ0v) is 12.3. The van der Waals surface area contributed by atoms with Gasteiger partial charge in [0.15, 0.2) is 11.5 Å². The Bertz CT molecular complexity index is 356. The van der Waals surface area contributed by atoms with Gasteiger partial charge in [0.25, 0.3) is 0 Å². The van der Waals surface area contributed by atoms with E-state index >= 15 is 0 Å². The van der Waals surface area contributed by atoms with E-state index < -0.39 is 0 Å². The molecule has 0 unspecified atom stereocenters. The van der Waals surface area contributed by atoms with Crippen LogP contribution in [0.5, 0.6) is 11.5 Å². The Balaban J connectivity index is 2.54. The summed E-state index contributed by atoms with van der Waals surface area (Å²) in [7, 11) is 1.65. The number of thioether (sulfide) groups is 1. The second-order valence-electron chi connectivity index (χ2n) is 4.10. The summed E-state index contributed by atoms with van der Waals surface area (Å²) >= 11 is 1.93. The summed E-state index contributed by atoms with van der Waals surface area (Å²) in [4.78, 5) is 0. The highest BCUT2D eigenvalue weighted by molar-refractivity contribution is 7.99. The molecule has 4 heteroatoms. The van der Waals surface area contributed by atoms with Crippen molar-refractivity contribution in [2.75, 3.05) is 25.2 Å². The zero-order valence-electron chi connectivity index (χ0n) is 11.4. The maximum absolute atomic E-state index is 5.84. The fourth-order valence-corrected chi connectivity index (χ4v) is 2.18. The molecule has 0 spiro atoms. The lowest BCUT2D eigenvalue weighted by molar-refractivity contribution is 0.295. The van der Waals surface area contributed by atoms with E-state index in [-0.39, 0.29) is 6.04 Å². The van der Waals surface area contributed by atoms with Crippen LogP contribution in [0.4, 0.5) is 0 Å². The minimum atomic E-state index is 0.00824. The van der Waals surface area contributed by atoms with E-state index in [4.69, 9.17) is 15.2 Å². The molecule has 3 nitrogen and oxygen atoms in total. The number of hydrogen-bond acceptors (Lipinski definition) is 4. The van der Waals surface area contributed by atoms with Crippen LogP contribution in [0.1, 0.15) is 31.9 Å². The minimum absolute atomic E-state index is 0.00824. The Morgan fingerprint density at radius 2 is 2.11 bits per heavy atom. The Morgan fingerprint density at radius 3 is 2.72 bits per heavy atom. The summed E-state index contributed by atoms with van der Waals surface area (Å²) in [5.74, 6) is 3.85. The third-order valence-electron chi connectivity index (χ3n) is 2.61. The highest BCUT2D eigenvalue weighted by Crippen LogP contribution is 2.29. The van der Waals surface area contributed by atoms with Crippen LogP contribution in [0.2, 0.25) is 0 Å². The molecule has 1 aromatic rings.